The molecule has 0 amide bonds. The molecule has 0 heterocycles. The number of ether oxygens (including phenoxy) is 1. The number of aliphatic carboxylic acids is 1. The highest BCUT2D eigenvalue weighted by Crippen LogP contribution is 2.08. The molecule has 0 aromatic heterocycles. The van der Waals surface area contributed by atoms with E-state index in [2.05, 4.69) is 11.7 Å². The average molecular weight is 308 g/mol. The molecule has 1 unspecified atom stereocenters. The maximum Gasteiger partial charge on any atom is 0.332 e. The molecule has 116 valence electrons. The molecule has 0 spiro atoms. The van der Waals surface area contributed by atoms with Gasteiger partial charge in [0.1, 0.15) is 0 Å². The molecule has 7 nitrogen and oxygen atoms in total. The van der Waals surface area contributed by atoms with Gasteiger partial charge >= 0.3 is 11.9 Å². The minimum absolute atomic E-state index is 0.669. The highest BCUT2D eigenvalue weighted by atomic mass is 32.2. The zero-order valence-electron chi connectivity index (χ0n) is 11.3. The predicted molar refractivity (Wildman–Crippen MR) is 71.6 cm³/mol. The molecule has 0 aromatic carbocycles. The van der Waals surface area contributed by atoms with Crippen LogP contribution in [0.5, 0.6) is 0 Å². The van der Waals surface area contributed by atoms with E-state index in [9.17, 15) is 18.0 Å². The maximum absolute atomic E-state index is 11.4. The highest BCUT2D eigenvalue weighted by Gasteiger charge is 2.34. The van der Waals surface area contributed by atoms with Crippen molar-refractivity contribution in [2.45, 2.75) is 50.7 Å². The molecular formula is C12H20O7S. The number of carbonyl (C=O) groups is 2. The molecule has 1 atom stereocenters. The summed E-state index contributed by atoms with van der Waals surface area (Å²) in [4.78, 5) is 21.8. The van der Waals surface area contributed by atoms with Crippen molar-refractivity contribution in [1.29, 1.82) is 0 Å². The number of carboxylic acids is 1. The van der Waals surface area contributed by atoms with E-state index >= 15 is 0 Å². The Morgan fingerprint density at radius 1 is 1.25 bits per heavy atom. The summed E-state index contributed by atoms with van der Waals surface area (Å²) in [5.74, 6) is -2.83. The third kappa shape index (κ3) is 8.65. The molecule has 0 aliphatic rings. The zero-order valence-corrected chi connectivity index (χ0v) is 12.1. The van der Waals surface area contributed by atoms with Crippen LogP contribution in [0.15, 0.2) is 12.3 Å². The Bertz CT molecular complexity index is 439. The summed E-state index contributed by atoms with van der Waals surface area (Å²) in [5.41, 5.74) is 0. The van der Waals surface area contributed by atoms with Gasteiger partial charge < -0.3 is 9.84 Å². The molecule has 8 heteroatoms. The van der Waals surface area contributed by atoms with Gasteiger partial charge in [-0.2, -0.15) is 8.42 Å². The van der Waals surface area contributed by atoms with Crippen LogP contribution in [0.2, 0.25) is 0 Å². The second kappa shape index (κ2) is 9.49. The lowest BCUT2D eigenvalue weighted by Crippen LogP contribution is -2.33. The number of hydrogen-bond acceptors (Lipinski definition) is 5. The van der Waals surface area contributed by atoms with Crippen LogP contribution in [0.4, 0.5) is 0 Å². The lowest BCUT2D eigenvalue weighted by molar-refractivity contribution is -0.143. The second-order valence-corrected chi connectivity index (χ2v) is 5.86. The Kier molecular flexibility index (Phi) is 8.82. The summed E-state index contributed by atoms with van der Waals surface area (Å²) < 4.78 is 35.1. The van der Waals surface area contributed by atoms with Crippen molar-refractivity contribution in [2.75, 3.05) is 0 Å². The Balaban J connectivity index is 4.27. The number of allylic oxidation sites excluding steroid dienone is 1. The third-order valence-corrected chi connectivity index (χ3v) is 3.57. The van der Waals surface area contributed by atoms with Gasteiger partial charge in [0, 0.05) is 0 Å². The Morgan fingerprint density at radius 2 is 1.90 bits per heavy atom. The Labute approximate surface area is 118 Å². The SMILES string of the molecule is CCCCCC/C=C/OC(=O)C(CC(=O)O)S(=O)(=O)O. The molecule has 2 N–H and O–H groups in total. The van der Waals surface area contributed by atoms with Crippen molar-refractivity contribution >= 4 is 22.1 Å². The van der Waals surface area contributed by atoms with Crippen molar-refractivity contribution in [3.8, 4) is 0 Å². The van der Waals surface area contributed by atoms with Gasteiger partial charge in [0.15, 0.2) is 5.25 Å². The quantitative estimate of drug-likeness (QED) is 0.273. The van der Waals surface area contributed by atoms with Crippen molar-refractivity contribution in [3.63, 3.8) is 0 Å². The number of unbranched alkanes of at least 4 members (excludes halogenated alkanes) is 4. The lowest BCUT2D eigenvalue weighted by atomic mass is 10.1. The standard InChI is InChI=1S/C12H20O7S/c1-2-3-4-5-6-7-8-19-12(15)10(9-11(13)14)20(16,17)18/h7-8,10H,2-6,9H2,1H3,(H,13,14)(H,16,17,18)/b8-7+. The topological polar surface area (TPSA) is 118 Å². The Morgan fingerprint density at radius 3 is 2.40 bits per heavy atom. The van der Waals surface area contributed by atoms with Gasteiger partial charge in [0.25, 0.3) is 10.1 Å². The molecule has 20 heavy (non-hydrogen) atoms. The summed E-state index contributed by atoms with van der Waals surface area (Å²) in [6.07, 6.45) is 6.37. The van der Waals surface area contributed by atoms with Crippen molar-refractivity contribution in [1.82, 2.24) is 0 Å². The first-order valence-electron chi connectivity index (χ1n) is 6.32. The summed E-state index contributed by atoms with van der Waals surface area (Å²) >= 11 is 0. The van der Waals surface area contributed by atoms with Crippen LogP contribution in [0.3, 0.4) is 0 Å². The van der Waals surface area contributed by atoms with Crippen molar-refractivity contribution in [3.05, 3.63) is 12.3 Å². The average Bonchev–Trinajstić information content (AvgIpc) is 2.33. The van der Waals surface area contributed by atoms with Gasteiger partial charge in [0.2, 0.25) is 0 Å². The third-order valence-electron chi connectivity index (χ3n) is 2.49. The Hall–Kier alpha value is -1.41. The molecule has 0 bridgehead atoms. The fourth-order valence-electron chi connectivity index (χ4n) is 1.42. The van der Waals surface area contributed by atoms with E-state index in [0.29, 0.717) is 6.42 Å². The lowest BCUT2D eigenvalue weighted by Gasteiger charge is -2.08. The van der Waals surface area contributed by atoms with Crippen LogP contribution in [0.25, 0.3) is 0 Å². The number of hydrogen-bond donors (Lipinski definition) is 2. The second-order valence-electron chi connectivity index (χ2n) is 4.26. The van der Waals surface area contributed by atoms with Gasteiger partial charge in [-0.1, -0.05) is 26.2 Å². The fraction of sp³-hybridized carbons (Fsp3) is 0.667. The van der Waals surface area contributed by atoms with E-state index < -0.39 is 33.7 Å². The van der Waals surface area contributed by atoms with E-state index in [-0.39, 0.29) is 0 Å². The molecule has 0 aliphatic heterocycles. The first-order valence-corrected chi connectivity index (χ1v) is 7.83. The molecule has 0 saturated heterocycles. The van der Waals surface area contributed by atoms with Gasteiger partial charge in [-0.25, -0.2) is 0 Å². The van der Waals surface area contributed by atoms with E-state index in [1.807, 2.05) is 0 Å². The molecule has 0 aromatic rings. The van der Waals surface area contributed by atoms with Crippen LogP contribution < -0.4 is 0 Å². The predicted octanol–water partition coefficient (Wildman–Crippen LogP) is 1.74. The van der Waals surface area contributed by atoms with Crippen LogP contribution in [-0.2, 0) is 24.4 Å². The molecule has 0 radical (unpaired) electrons. The molecule has 0 aliphatic carbocycles. The van der Waals surface area contributed by atoms with Gasteiger partial charge in [0.05, 0.1) is 12.7 Å². The van der Waals surface area contributed by atoms with Crippen LogP contribution in [-0.4, -0.2) is 35.3 Å². The van der Waals surface area contributed by atoms with E-state index in [0.717, 1.165) is 31.9 Å². The minimum atomic E-state index is -4.80. The number of carboxylic acid groups (broad SMARTS) is 1. The molecule has 0 saturated carbocycles. The number of carbonyl (C=O) groups excluding carboxylic acids is 1. The largest absolute Gasteiger partial charge is 0.481 e. The maximum atomic E-state index is 11.4. The van der Waals surface area contributed by atoms with Gasteiger partial charge in [-0.05, 0) is 18.9 Å². The van der Waals surface area contributed by atoms with Gasteiger partial charge in [-0.3, -0.25) is 14.1 Å². The fourth-order valence-corrected chi connectivity index (χ4v) is 2.07. The van der Waals surface area contributed by atoms with E-state index in [1.54, 1.807) is 6.08 Å². The summed E-state index contributed by atoms with van der Waals surface area (Å²) in [7, 11) is -4.80. The van der Waals surface area contributed by atoms with Crippen LogP contribution in [0, 0.1) is 0 Å². The molecule has 0 rings (SSSR count). The monoisotopic (exact) mass is 308 g/mol. The van der Waals surface area contributed by atoms with E-state index in [4.69, 9.17) is 9.66 Å². The molecular weight excluding hydrogens is 288 g/mol. The molecule has 0 fully saturated rings. The van der Waals surface area contributed by atoms with Crippen LogP contribution >= 0.6 is 0 Å². The first-order chi connectivity index (χ1) is 9.29. The number of rotatable bonds is 10. The van der Waals surface area contributed by atoms with Gasteiger partial charge in [-0.15, -0.1) is 0 Å². The normalized spacial score (nSPS) is 13.3. The zero-order chi connectivity index (χ0) is 15.6. The van der Waals surface area contributed by atoms with Crippen LogP contribution in [0.1, 0.15) is 45.4 Å². The van der Waals surface area contributed by atoms with Crippen molar-refractivity contribution in [2.24, 2.45) is 0 Å². The first kappa shape index (κ1) is 18.6. The summed E-state index contributed by atoms with van der Waals surface area (Å²) in [6.45, 7) is 2.08. The number of esters is 1. The smallest absolute Gasteiger partial charge is 0.332 e. The highest BCUT2D eigenvalue weighted by molar-refractivity contribution is 7.87. The summed E-state index contributed by atoms with van der Waals surface area (Å²) in [6, 6.07) is 0. The van der Waals surface area contributed by atoms with E-state index in [1.165, 1.54) is 0 Å². The summed E-state index contributed by atoms with van der Waals surface area (Å²) in [5, 5.41) is 6.38. The minimum Gasteiger partial charge on any atom is -0.481 e. The van der Waals surface area contributed by atoms with Crippen molar-refractivity contribution < 1.29 is 32.4 Å².